The van der Waals surface area contributed by atoms with E-state index in [0.717, 1.165) is 25.0 Å². The largest absolute Gasteiger partial charge is 0.376 e. The summed E-state index contributed by atoms with van der Waals surface area (Å²) in [4.78, 5) is 23.0. The van der Waals surface area contributed by atoms with Crippen LogP contribution >= 0.6 is 0 Å². The molecular formula is C18H23N5O2. The highest BCUT2D eigenvalue weighted by Gasteiger charge is 2.39. The SMILES string of the molecule is Cn1cc(C[C@@H]2[C@@H](OCC3CC3)CCN2C(=O)c2cnccn2)cn1. The number of aromatic nitrogens is 4. The van der Waals surface area contributed by atoms with Gasteiger partial charge in [0.15, 0.2) is 0 Å². The molecule has 1 saturated carbocycles. The molecule has 1 amide bonds. The number of hydrogen-bond acceptors (Lipinski definition) is 5. The first-order valence-corrected chi connectivity index (χ1v) is 8.87. The van der Waals surface area contributed by atoms with Crippen LogP contribution in [0.5, 0.6) is 0 Å². The van der Waals surface area contributed by atoms with E-state index in [2.05, 4.69) is 15.1 Å². The van der Waals surface area contributed by atoms with E-state index in [1.165, 1.54) is 19.0 Å². The molecule has 4 rings (SSSR count). The lowest BCUT2D eigenvalue weighted by molar-refractivity contribution is 0.0198. The van der Waals surface area contributed by atoms with Gasteiger partial charge in [0.25, 0.3) is 5.91 Å². The van der Waals surface area contributed by atoms with Crippen molar-refractivity contribution in [3.63, 3.8) is 0 Å². The molecule has 132 valence electrons. The van der Waals surface area contributed by atoms with Crippen LogP contribution in [0.2, 0.25) is 0 Å². The van der Waals surface area contributed by atoms with Crippen LogP contribution in [0.1, 0.15) is 35.3 Å². The van der Waals surface area contributed by atoms with Gasteiger partial charge in [0.2, 0.25) is 0 Å². The fourth-order valence-corrected chi connectivity index (χ4v) is 3.43. The van der Waals surface area contributed by atoms with Gasteiger partial charge >= 0.3 is 0 Å². The third-order valence-corrected chi connectivity index (χ3v) is 4.97. The molecule has 0 unspecified atom stereocenters. The molecule has 25 heavy (non-hydrogen) atoms. The number of rotatable bonds is 6. The number of likely N-dealkylation sites (tertiary alicyclic amines) is 1. The molecule has 2 atom stereocenters. The number of hydrogen-bond donors (Lipinski definition) is 0. The van der Waals surface area contributed by atoms with Crippen LogP contribution in [0.15, 0.2) is 31.0 Å². The van der Waals surface area contributed by atoms with Gasteiger partial charge in [-0.25, -0.2) is 4.98 Å². The first-order chi connectivity index (χ1) is 12.2. The first-order valence-electron chi connectivity index (χ1n) is 8.87. The van der Waals surface area contributed by atoms with Gasteiger partial charge < -0.3 is 9.64 Å². The molecule has 0 N–H and O–H groups in total. The minimum atomic E-state index is -0.0699. The highest BCUT2D eigenvalue weighted by Crippen LogP contribution is 2.32. The van der Waals surface area contributed by atoms with E-state index in [9.17, 15) is 4.79 Å². The maximum absolute atomic E-state index is 12.9. The predicted molar refractivity (Wildman–Crippen MR) is 90.8 cm³/mol. The summed E-state index contributed by atoms with van der Waals surface area (Å²) >= 11 is 0. The van der Waals surface area contributed by atoms with Crippen molar-refractivity contribution in [1.29, 1.82) is 0 Å². The zero-order valence-corrected chi connectivity index (χ0v) is 14.4. The topological polar surface area (TPSA) is 73.1 Å². The van der Waals surface area contributed by atoms with Gasteiger partial charge in [-0.2, -0.15) is 5.10 Å². The average molecular weight is 341 g/mol. The van der Waals surface area contributed by atoms with E-state index < -0.39 is 0 Å². The van der Waals surface area contributed by atoms with Crippen LogP contribution in [0.25, 0.3) is 0 Å². The molecule has 0 spiro atoms. The average Bonchev–Trinajstić information content (AvgIpc) is 3.25. The monoisotopic (exact) mass is 341 g/mol. The Morgan fingerprint density at radius 2 is 2.16 bits per heavy atom. The Balaban J connectivity index is 1.52. The van der Waals surface area contributed by atoms with Gasteiger partial charge in [-0.3, -0.25) is 14.5 Å². The molecule has 7 heteroatoms. The van der Waals surface area contributed by atoms with Crippen LogP contribution < -0.4 is 0 Å². The van der Waals surface area contributed by atoms with Gasteiger partial charge in [-0.15, -0.1) is 0 Å². The maximum atomic E-state index is 12.9. The Kier molecular flexibility index (Phi) is 4.48. The maximum Gasteiger partial charge on any atom is 0.274 e. The molecule has 2 aromatic heterocycles. The lowest BCUT2D eigenvalue weighted by atomic mass is 10.0. The van der Waals surface area contributed by atoms with Gasteiger partial charge in [0.1, 0.15) is 5.69 Å². The van der Waals surface area contributed by atoms with E-state index in [4.69, 9.17) is 4.74 Å². The highest BCUT2D eigenvalue weighted by atomic mass is 16.5. The second-order valence-corrected chi connectivity index (χ2v) is 6.99. The molecular weight excluding hydrogens is 318 g/mol. The zero-order chi connectivity index (χ0) is 17.2. The van der Waals surface area contributed by atoms with Gasteiger partial charge in [-0.05, 0) is 37.2 Å². The molecule has 1 saturated heterocycles. The predicted octanol–water partition coefficient (Wildman–Crippen LogP) is 1.46. The third kappa shape index (κ3) is 3.71. The number of carbonyl (C=O) groups excluding carboxylic acids is 1. The Labute approximate surface area is 147 Å². The quantitative estimate of drug-likeness (QED) is 0.795. The van der Waals surface area contributed by atoms with E-state index in [0.29, 0.717) is 18.2 Å². The van der Waals surface area contributed by atoms with Crippen molar-refractivity contribution >= 4 is 5.91 Å². The summed E-state index contributed by atoms with van der Waals surface area (Å²) in [6.45, 7) is 1.50. The van der Waals surface area contributed by atoms with Gasteiger partial charge in [-0.1, -0.05) is 0 Å². The fraction of sp³-hybridized carbons (Fsp3) is 0.556. The summed E-state index contributed by atoms with van der Waals surface area (Å²) in [5.74, 6) is 0.642. The van der Waals surface area contributed by atoms with Crippen molar-refractivity contribution in [2.24, 2.45) is 13.0 Å². The minimum absolute atomic E-state index is 0.0115. The molecule has 2 fully saturated rings. The number of amides is 1. The molecule has 0 bridgehead atoms. The van der Waals surface area contributed by atoms with Gasteiger partial charge in [0, 0.05) is 38.8 Å². The van der Waals surface area contributed by atoms with Crippen LogP contribution in [-0.2, 0) is 18.2 Å². The molecule has 7 nitrogen and oxygen atoms in total. The molecule has 1 aliphatic heterocycles. The lowest BCUT2D eigenvalue weighted by Crippen LogP contribution is -2.42. The van der Waals surface area contributed by atoms with Crippen LogP contribution in [0, 0.1) is 5.92 Å². The van der Waals surface area contributed by atoms with Crippen LogP contribution in [0.3, 0.4) is 0 Å². The van der Waals surface area contributed by atoms with Crippen molar-refractivity contribution < 1.29 is 9.53 Å². The second kappa shape index (κ2) is 6.92. The number of aryl methyl sites for hydroxylation is 1. The van der Waals surface area contributed by atoms with E-state index in [-0.39, 0.29) is 18.1 Å². The standard InChI is InChI=1S/C18H23N5O2/c1-22-11-14(9-21-22)8-16-17(25-12-13-2-3-13)4-7-23(16)18(24)15-10-19-5-6-20-15/h5-6,9-11,13,16-17H,2-4,7-8,12H2,1H3/t16-,17+/m1/s1. The minimum Gasteiger partial charge on any atom is -0.376 e. The van der Waals surface area contributed by atoms with Crippen molar-refractivity contribution in [2.75, 3.05) is 13.2 Å². The zero-order valence-electron chi connectivity index (χ0n) is 14.4. The normalized spacial score (nSPS) is 23.2. The summed E-state index contributed by atoms with van der Waals surface area (Å²) in [5.41, 5.74) is 1.51. The summed E-state index contributed by atoms with van der Waals surface area (Å²) in [7, 11) is 1.90. The first kappa shape index (κ1) is 16.2. The summed E-state index contributed by atoms with van der Waals surface area (Å²) in [6.07, 6.45) is 12.7. The molecule has 3 heterocycles. The second-order valence-electron chi connectivity index (χ2n) is 6.99. The molecule has 1 aliphatic carbocycles. The number of ether oxygens (including phenoxy) is 1. The summed E-state index contributed by atoms with van der Waals surface area (Å²) in [5, 5.41) is 4.25. The number of carbonyl (C=O) groups is 1. The Bertz CT molecular complexity index is 728. The van der Waals surface area contributed by atoms with Gasteiger partial charge in [0.05, 0.1) is 24.5 Å². The third-order valence-electron chi connectivity index (χ3n) is 4.97. The van der Waals surface area contributed by atoms with E-state index >= 15 is 0 Å². The summed E-state index contributed by atoms with van der Waals surface area (Å²) < 4.78 is 7.97. The van der Waals surface area contributed by atoms with Crippen molar-refractivity contribution in [1.82, 2.24) is 24.6 Å². The Hall–Kier alpha value is -2.28. The van der Waals surface area contributed by atoms with E-state index in [1.807, 2.05) is 24.3 Å². The van der Waals surface area contributed by atoms with E-state index in [1.54, 1.807) is 17.1 Å². The highest BCUT2D eigenvalue weighted by molar-refractivity contribution is 5.92. The molecule has 0 aromatic carbocycles. The van der Waals surface area contributed by atoms with Crippen molar-refractivity contribution in [3.8, 4) is 0 Å². The summed E-state index contributed by atoms with van der Waals surface area (Å²) in [6, 6.07) is 0.0115. The van der Waals surface area contributed by atoms with Crippen LogP contribution in [-0.4, -0.2) is 55.9 Å². The Morgan fingerprint density at radius 1 is 1.28 bits per heavy atom. The molecule has 2 aromatic rings. The molecule has 2 aliphatic rings. The van der Waals surface area contributed by atoms with Crippen molar-refractivity contribution in [3.05, 3.63) is 42.2 Å². The lowest BCUT2D eigenvalue weighted by Gasteiger charge is -2.27. The Morgan fingerprint density at radius 3 is 2.84 bits per heavy atom. The number of nitrogens with zero attached hydrogens (tertiary/aromatic N) is 5. The molecule has 0 radical (unpaired) electrons. The fourth-order valence-electron chi connectivity index (χ4n) is 3.43. The van der Waals surface area contributed by atoms with Crippen LogP contribution in [0.4, 0.5) is 0 Å². The van der Waals surface area contributed by atoms with Crippen molar-refractivity contribution in [2.45, 2.75) is 37.8 Å². The smallest absolute Gasteiger partial charge is 0.274 e.